The number of nitrogens with zero attached hydrogens (tertiary/aromatic N) is 8. The van der Waals surface area contributed by atoms with E-state index in [1.807, 2.05) is 6.07 Å². The van der Waals surface area contributed by atoms with Gasteiger partial charge in [-0.05, 0) is 95.1 Å². The van der Waals surface area contributed by atoms with Crippen molar-refractivity contribution >= 4 is 75.8 Å². The van der Waals surface area contributed by atoms with E-state index in [1.165, 1.54) is 26.0 Å². The lowest BCUT2D eigenvalue weighted by Gasteiger charge is -2.41. The number of imide groups is 2. The fourth-order valence-corrected chi connectivity index (χ4v) is 10.2. The number of aliphatic hydroxyl groups is 1. The largest absolute Gasteiger partial charge is 0.419 e. The molecule has 3 fully saturated rings. The van der Waals surface area contributed by atoms with Crippen molar-refractivity contribution in [3.63, 3.8) is 0 Å². The number of benzene rings is 2. The number of halogens is 4. The first-order valence-corrected chi connectivity index (χ1v) is 25.5. The molecule has 20 nitrogen and oxygen atoms in total. The maximum Gasteiger partial charge on any atom is 0.419 e. The number of hydrogen-bond acceptors (Lipinski definition) is 18. The number of allylic oxidation sites excluding steroid dienone is 1. The Morgan fingerprint density at radius 1 is 0.973 bits per heavy atom. The number of alkyl halides is 3. The van der Waals surface area contributed by atoms with Gasteiger partial charge in [0.15, 0.2) is 10.7 Å². The van der Waals surface area contributed by atoms with Gasteiger partial charge in [-0.1, -0.05) is 6.07 Å². The SMILES string of the molecule is CC(C)(O)CN=C/C(=C\N)c1nc(Nc2ccc([S+](O)COCCOC/C(C=NCCN3CCC(C4CCN(c5cccc6c5C(=O)N(C5CCC(=O)NC5=O)C6=O)CC4)CC3)=N/N)cc2F)ncc1C(F)(F)F. The molecule has 5 heterocycles. The summed E-state index contributed by atoms with van der Waals surface area (Å²) in [5, 5.41) is 18.5. The summed E-state index contributed by atoms with van der Waals surface area (Å²) < 4.78 is 78.6. The van der Waals surface area contributed by atoms with Crippen LogP contribution < -0.4 is 27.1 Å². The number of aromatic nitrogens is 2. The highest BCUT2D eigenvalue weighted by atomic mass is 32.2. The Kier molecular flexibility index (Phi) is 18.5. The molecule has 2 unspecified atom stereocenters. The van der Waals surface area contributed by atoms with Crippen LogP contribution in [-0.2, 0) is 36.4 Å². The number of aliphatic imine (C=N–C) groups is 2. The van der Waals surface area contributed by atoms with Crippen LogP contribution in [0.15, 0.2) is 68.8 Å². The molecule has 0 spiro atoms. The van der Waals surface area contributed by atoms with Gasteiger partial charge in [0, 0.05) is 62.5 Å². The molecule has 3 aromatic rings. The summed E-state index contributed by atoms with van der Waals surface area (Å²) in [6, 6.07) is 8.01. The second-order valence-electron chi connectivity index (χ2n) is 18.9. The summed E-state index contributed by atoms with van der Waals surface area (Å²) >= 11 is -1.53. The number of hydrogen-bond donors (Lipinski definition) is 6. The smallest absolute Gasteiger partial charge is 0.404 e. The average Bonchev–Trinajstić information content (AvgIpc) is 3.62. The van der Waals surface area contributed by atoms with E-state index in [1.54, 1.807) is 18.3 Å². The minimum Gasteiger partial charge on any atom is -0.404 e. The van der Waals surface area contributed by atoms with Gasteiger partial charge in [0.05, 0.1) is 66.7 Å². The molecule has 0 radical (unpaired) electrons. The first kappa shape index (κ1) is 55.4. The molecular weight excluding hydrogens is 993 g/mol. The van der Waals surface area contributed by atoms with Gasteiger partial charge in [-0.25, -0.2) is 14.4 Å². The number of nitrogens with two attached hydrogens (primary N) is 2. The lowest BCUT2D eigenvalue weighted by molar-refractivity contribution is -0.138. The van der Waals surface area contributed by atoms with Crippen molar-refractivity contribution in [2.45, 2.75) is 75.1 Å². The number of hydrazone groups is 1. The molecule has 74 heavy (non-hydrogen) atoms. The fourth-order valence-electron chi connectivity index (χ4n) is 9.28. The van der Waals surface area contributed by atoms with Crippen LogP contribution in [0.1, 0.15) is 84.3 Å². The highest BCUT2D eigenvalue weighted by molar-refractivity contribution is 7.91. The Bertz CT molecular complexity index is 2650. The molecule has 0 bridgehead atoms. The van der Waals surface area contributed by atoms with Crippen molar-refractivity contribution in [2.75, 3.05) is 81.8 Å². The standard InChI is InChI=1S/C49H60F4N12O8S/c1-48(2,70)28-57-24-32(23-54)43-36(49(51,52)53)26-58-47(61-43)59-38-7-6-34(22-37(38)50)74(71)29-73-21-20-72-27-33(62-55)25-56-14-19-63-15-10-30(11-16-63)31-12-17-64(18-13-31)39-5-3-4-35-42(39)46(69)65(45(35)68)40-8-9-41(66)60-44(40)67/h3-7,22-26,30-31,40,70-71H,8-21,27-29H2,1-2H3,(H5-,54,55,56,57,58,59,60,61,66,67)/p+1. The highest BCUT2D eigenvalue weighted by Gasteiger charge is 2.46. The molecule has 1 aromatic heterocycles. The van der Waals surface area contributed by atoms with E-state index in [4.69, 9.17) is 21.1 Å². The summed E-state index contributed by atoms with van der Waals surface area (Å²) in [6.07, 6.45) is 3.43. The van der Waals surface area contributed by atoms with Crippen molar-refractivity contribution in [1.82, 2.24) is 25.1 Å². The summed E-state index contributed by atoms with van der Waals surface area (Å²) in [5.41, 5.74) is 3.95. The summed E-state index contributed by atoms with van der Waals surface area (Å²) in [5.74, 6) is 3.28. The second kappa shape index (κ2) is 24.8. The van der Waals surface area contributed by atoms with E-state index in [9.17, 15) is 42.0 Å². The van der Waals surface area contributed by atoms with E-state index in [-0.39, 0.29) is 72.8 Å². The van der Waals surface area contributed by atoms with Gasteiger partial charge in [0.1, 0.15) is 17.3 Å². The van der Waals surface area contributed by atoms with Gasteiger partial charge < -0.3 is 41.3 Å². The number of piperidine rings is 3. The third-order valence-electron chi connectivity index (χ3n) is 13.1. The third kappa shape index (κ3) is 14.1. The highest BCUT2D eigenvalue weighted by Crippen LogP contribution is 2.39. The number of anilines is 3. The van der Waals surface area contributed by atoms with Crippen LogP contribution in [0.3, 0.4) is 0 Å². The zero-order valence-corrected chi connectivity index (χ0v) is 41.8. The first-order valence-electron chi connectivity index (χ1n) is 24.1. The lowest BCUT2D eigenvalue weighted by Crippen LogP contribution is -2.54. The number of amides is 4. The Morgan fingerprint density at radius 2 is 1.69 bits per heavy atom. The van der Waals surface area contributed by atoms with Gasteiger partial charge in [0.25, 0.3) is 11.8 Å². The van der Waals surface area contributed by atoms with Gasteiger partial charge in [-0.2, -0.15) is 22.8 Å². The monoisotopic (exact) mass is 1050 g/mol. The number of likely N-dealkylation sites (tertiary alicyclic amines) is 1. The molecule has 0 aliphatic carbocycles. The average molecular weight is 1050 g/mol. The van der Waals surface area contributed by atoms with Gasteiger partial charge in [0.2, 0.25) is 34.9 Å². The van der Waals surface area contributed by atoms with Gasteiger partial charge in [-0.15, -0.1) is 0 Å². The zero-order chi connectivity index (χ0) is 53.2. The normalized spacial score (nSPS) is 19.5. The van der Waals surface area contributed by atoms with Crippen LogP contribution in [-0.4, -0.2) is 154 Å². The molecule has 2 aromatic carbocycles. The van der Waals surface area contributed by atoms with Crippen LogP contribution in [0.2, 0.25) is 0 Å². The van der Waals surface area contributed by atoms with E-state index < -0.39 is 69.7 Å². The molecule has 0 saturated carbocycles. The molecule has 4 amide bonds. The predicted molar refractivity (Wildman–Crippen MR) is 271 cm³/mol. The number of carbonyl (C=O) groups is 4. The molecule has 4 aliphatic rings. The molecule has 3 saturated heterocycles. The van der Waals surface area contributed by atoms with Crippen molar-refractivity contribution in [1.29, 1.82) is 0 Å². The minimum absolute atomic E-state index is 0.0669. The Balaban J connectivity index is 0.775. The third-order valence-corrected chi connectivity index (χ3v) is 14.3. The van der Waals surface area contributed by atoms with Crippen molar-refractivity contribution in [3.05, 3.63) is 77.0 Å². The molecular formula is C49H61F4N12O8S+. The van der Waals surface area contributed by atoms with Crippen LogP contribution in [0.25, 0.3) is 5.57 Å². The van der Waals surface area contributed by atoms with Crippen LogP contribution >= 0.6 is 0 Å². The number of nitrogens with one attached hydrogen (secondary N) is 2. The van der Waals surface area contributed by atoms with Crippen molar-refractivity contribution < 1.29 is 55.9 Å². The summed E-state index contributed by atoms with van der Waals surface area (Å²) in [6.45, 7) is 7.85. The van der Waals surface area contributed by atoms with Crippen molar-refractivity contribution in [3.8, 4) is 0 Å². The molecule has 25 heteroatoms. The topological polar surface area (TPSA) is 276 Å². The quantitative estimate of drug-likeness (QED) is 0.0164. The molecule has 7 rings (SSSR count). The van der Waals surface area contributed by atoms with Crippen molar-refractivity contribution in [2.24, 2.45) is 38.5 Å². The molecule has 398 valence electrons. The van der Waals surface area contributed by atoms with E-state index in [2.05, 4.69) is 45.5 Å². The predicted octanol–water partition coefficient (Wildman–Crippen LogP) is 4.38. The van der Waals surface area contributed by atoms with E-state index in [0.29, 0.717) is 41.5 Å². The van der Waals surface area contributed by atoms with Crippen LogP contribution in [0.4, 0.5) is 34.9 Å². The molecule has 8 N–H and O–H groups in total. The fraction of sp³-hybridized carbons (Fsp3) is 0.490. The summed E-state index contributed by atoms with van der Waals surface area (Å²) in [4.78, 5) is 73.2. The second-order valence-corrected chi connectivity index (χ2v) is 20.3. The Morgan fingerprint density at radius 3 is 2.35 bits per heavy atom. The molecule has 4 aliphatic heterocycles. The number of ether oxygens (including phenoxy) is 2. The number of fused-ring (bicyclic) bond motifs is 1. The van der Waals surface area contributed by atoms with Gasteiger partial charge in [-0.3, -0.25) is 39.4 Å². The maximum atomic E-state index is 15.2. The van der Waals surface area contributed by atoms with E-state index >= 15 is 4.39 Å². The van der Waals surface area contributed by atoms with E-state index in [0.717, 1.165) is 81.8 Å². The maximum absolute atomic E-state index is 15.2. The number of carbonyl (C=O) groups excluding carboxylic acids is 4. The lowest BCUT2D eigenvalue weighted by atomic mass is 9.78. The first-order chi connectivity index (χ1) is 35.3. The minimum atomic E-state index is -4.85. The summed E-state index contributed by atoms with van der Waals surface area (Å²) in [7, 11) is 0. The Hall–Kier alpha value is -6.38. The Labute approximate surface area is 427 Å². The van der Waals surface area contributed by atoms with Gasteiger partial charge >= 0.3 is 6.18 Å². The number of rotatable bonds is 21. The zero-order valence-electron chi connectivity index (χ0n) is 41.0. The molecule has 2 atom stereocenters. The van der Waals surface area contributed by atoms with Crippen LogP contribution in [0.5, 0.6) is 0 Å². The van der Waals surface area contributed by atoms with Crippen LogP contribution in [0, 0.1) is 17.7 Å².